The van der Waals surface area contributed by atoms with E-state index in [1.165, 1.54) is 12.3 Å². The number of nitrogens with two attached hydrogens (primary N) is 1. The molecule has 98 valence electrons. The molecule has 2 heterocycles. The highest BCUT2D eigenvalue weighted by Crippen LogP contribution is 2.17. The molecule has 0 bridgehead atoms. The summed E-state index contributed by atoms with van der Waals surface area (Å²) >= 11 is 5.90. The van der Waals surface area contributed by atoms with Crippen molar-refractivity contribution < 1.29 is 4.79 Å². The van der Waals surface area contributed by atoms with Crippen molar-refractivity contribution in [3.05, 3.63) is 40.3 Å². The molecule has 19 heavy (non-hydrogen) atoms. The lowest BCUT2D eigenvalue weighted by atomic mass is 10.2. The minimum absolute atomic E-state index is 0.218. The number of anilines is 2. The number of rotatable bonds is 2. The molecule has 0 aliphatic rings. The molecule has 0 spiro atoms. The fourth-order valence-electron chi connectivity index (χ4n) is 1.58. The van der Waals surface area contributed by atoms with Gasteiger partial charge in [-0.05, 0) is 26.0 Å². The van der Waals surface area contributed by atoms with Gasteiger partial charge in [0, 0.05) is 17.6 Å². The maximum atomic E-state index is 12.1. The number of carbonyl (C=O) groups is 1. The molecule has 0 fully saturated rings. The molecule has 7 heteroatoms. The summed E-state index contributed by atoms with van der Waals surface area (Å²) in [7, 11) is 0. The summed E-state index contributed by atoms with van der Waals surface area (Å²) in [6.45, 7) is 3.64. The number of nitrogens with one attached hydrogen (secondary N) is 1. The Labute approximate surface area is 115 Å². The molecule has 3 N–H and O–H groups in total. The molecule has 0 aliphatic heterocycles. The van der Waals surface area contributed by atoms with Crippen molar-refractivity contribution >= 4 is 29.3 Å². The zero-order valence-corrected chi connectivity index (χ0v) is 11.2. The third-order valence-electron chi connectivity index (χ3n) is 2.33. The number of aryl methyl sites for hydroxylation is 2. The van der Waals surface area contributed by atoms with Crippen LogP contribution in [-0.4, -0.2) is 20.9 Å². The summed E-state index contributed by atoms with van der Waals surface area (Å²) in [5.41, 5.74) is 7.29. The van der Waals surface area contributed by atoms with E-state index in [0.717, 1.165) is 11.4 Å². The van der Waals surface area contributed by atoms with Crippen molar-refractivity contribution in [3.8, 4) is 0 Å². The molecular weight excluding hydrogens is 266 g/mol. The number of amides is 1. The topological polar surface area (TPSA) is 93.8 Å². The summed E-state index contributed by atoms with van der Waals surface area (Å²) in [6.07, 6.45) is 1.33. The molecule has 1 amide bonds. The van der Waals surface area contributed by atoms with Gasteiger partial charge in [0.1, 0.15) is 5.82 Å². The van der Waals surface area contributed by atoms with Gasteiger partial charge in [-0.1, -0.05) is 11.6 Å². The number of hydrogen-bond donors (Lipinski definition) is 2. The normalized spacial score (nSPS) is 10.3. The molecule has 0 unspecified atom stereocenters. The van der Waals surface area contributed by atoms with Crippen LogP contribution in [0.1, 0.15) is 21.7 Å². The van der Waals surface area contributed by atoms with E-state index >= 15 is 0 Å². The number of nitrogen functional groups attached to an aromatic ring is 1. The first-order valence-electron chi connectivity index (χ1n) is 5.50. The van der Waals surface area contributed by atoms with Gasteiger partial charge in [-0.2, -0.15) is 0 Å². The first kappa shape index (κ1) is 13.2. The second-order valence-corrected chi connectivity index (χ2v) is 4.42. The van der Waals surface area contributed by atoms with E-state index in [4.69, 9.17) is 17.3 Å². The summed E-state index contributed by atoms with van der Waals surface area (Å²) in [4.78, 5) is 24.1. The van der Waals surface area contributed by atoms with Crippen LogP contribution < -0.4 is 11.1 Å². The maximum absolute atomic E-state index is 12.1. The van der Waals surface area contributed by atoms with E-state index in [1.807, 2.05) is 19.9 Å². The Balaban J connectivity index is 2.28. The zero-order valence-electron chi connectivity index (χ0n) is 10.4. The zero-order chi connectivity index (χ0) is 14.0. The Morgan fingerprint density at radius 2 is 1.89 bits per heavy atom. The number of halogens is 1. The van der Waals surface area contributed by atoms with Crippen LogP contribution in [0.5, 0.6) is 0 Å². The smallest absolute Gasteiger partial charge is 0.259 e. The van der Waals surface area contributed by atoms with E-state index in [0.29, 0.717) is 0 Å². The second-order valence-electron chi connectivity index (χ2n) is 4.02. The van der Waals surface area contributed by atoms with Gasteiger partial charge < -0.3 is 5.73 Å². The van der Waals surface area contributed by atoms with Gasteiger partial charge in [-0.3, -0.25) is 10.1 Å². The fourth-order valence-corrected chi connectivity index (χ4v) is 1.77. The lowest BCUT2D eigenvalue weighted by Gasteiger charge is -2.07. The molecule has 2 aromatic heterocycles. The van der Waals surface area contributed by atoms with Gasteiger partial charge in [0.2, 0.25) is 5.95 Å². The number of hydrogen-bond acceptors (Lipinski definition) is 5. The highest BCUT2D eigenvalue weighted by molar-refractivity contribution is 6.34. The van der Waals surface area contributed by atoms with Gasteiger partial charge in [0.15, 0.2) is 0 Å². The van der Waals surface area contributed by atoms with E-state index in [-0.39, 0.29) is 22.4 Å². The Morgan fingerprint density at radius 3 is 2.53 bits per heavy atom. The van der Waals surface area contributed by atoms with Crippen LogP contribution in [0.2, 0.25) is 5.02 Å². The Bertz CT molecular complexity index is 624. The minimum atomic E-state index is -0.427. The van der Waals surface area contributed by atoms with Crippen LogP contribution >= 0.6 is 11.6 Å². The standard InChI is InChI=1S/C12H12ClN5O/c1-6-3-7(2)17-12(16-6)18-11(19)8-4-10(14)15-5-9(8)13/h3-5H,1-2H3,(H2,14,15)(H,16,17,18,19). The van der Waals surface area contributed by atoms with Gasteiger partial charge in [0.25, 0.3) is 5.91 Å². The first-order chi connectivity index (χ1) is 8.95. The van der Waals surface area contributed by atoms with Crippen LogP contribution in [0.15, 0.2) is 18.3 Å². The predicted molar refractivity (Wildman–Crippen MR) is 73.1 cm³/mol. The number of aromatic nitrogens is 3. The lowest BCUT2D eigenvalue weighted by molar-refractivity contribution is 0.102. The molecule has 2 rings (SSSR count). The van der Waals surface area contributed by atoms with Gasteiger partial charge in [0.05, 0.1) is 10.6 Å². The molecule has 0 aliphatic carbocycles. The molecule has 0 saturated heterocycles. The van der Waals surface area contributed by atoms with Crippen LogP contribution in [0.4, 0.5) is 11.8 Å². The van der Waals surface area contributed by atoms with E-state index in [2.05, 4.69) is 20.3 Å². The summed E-state index contributed by atoms with van der Waals surface area (Å²) in [6, 6.07) is 3.22. The highest BCUT2D eigenvalue weighted by atomic mass is 35.5. The van der Waals surface area contributed by atoms with Crippen molar-refractivity contribution in [1.29, 1.82) is 0 Å². The molecule has 0 aromatic carbocycles. The summed E-state index contributed by atoms with van der Waals surface area (Å²) < 4.78 is 0. The van der Waals surface area contributed by atoms with Crippen molar-refractivity contribution in [3.63, 3.8) is 0 Å². The SMILES string of the molecule is Cc1cc(C)nc(NC(=O)c2cc(N)ncc2Cl)n1. The second kappa shape index (κ2) is 5.19. The monoisotopic (exact) mass is 277 g/mol. The Hall–Kier alpha value is -2.21. The average molecular weight is 278 g/mol. The molecule has 0 saturated carbocycles. The van der Waals surface area contributed by atoms with Gasteiger partial charge in [-0.25, -0.2) is 15.0 Å². The summed E-state index contributed by atoms with van der Waals surface area (Å²) in [5.74, 6) is 0.0222. The largest absolute Gasteiger partial charge is 0.384 e. The number of carbonyl (C=O) groups excluding carboxylic acids is 1. The molecule has 6 nitrogen and oxygen atoms in total. The third kappa shape index (κ3) is 3.17. The lowest BCUT2D eigenvalue weighted by Crippen LogP contribution is -2.16. The van der Waals surface area contributed by atoms with Crippen molar-refractivity contribution in [2.24, 2.45) is 0 Å². The maximum Gasteiger partial charge on any atom is 0.259 e. The van der Waals surface area contributed by atoms with Crippen molar-refractivity contribution in [2.45, 2.75) is 13.8 Å². The van der Waals surface area contributed by atoms with E-state index < -0.39 is 5.91 Å². The third-order valence-corrected chi connectivity index (χ3v) is 2.63. The van der Waals surface area contributed by atoms with Crippen LogP contribution in [-0.2, 0) is 0 Å². The van der Waals surface area contributed by atoms with Gasteiger partial charge in [-0.15, -0.1) is 0 Å². The highest BCUT2D eigenvalue weighted by Gasteiger charge is 2.13. The minimum Gasteiger partial charge on any atom is -0.384 e. The van der Waals surface area contributed by atoms with Crippen LogP contribution in [0.25, 0.3) is 0 Å². The number of nitrogens with zero attached hydrogens (tertiary/aromatic N) is 3. The fraction of sp³-hybridized carbons (Fsp3) is 0.167. The van der Waals surface area contributed by atoms with Crippen molar-refractivity contribution in [1.82, 2.24) is 15.0 Å². The molecule has 0 radical (unpaired) electrons. The van der Waals surface area contributed by atoms with Gasteiger partial charge >= 0.3 is 0 Å². The quantitative estimate of drug-likeness (QED) is 0.875. The summed E-state index contributed by atoms with van der Waals surface area (Å²) in [5, 5.41) is 2.80. The average Bonchev–Trinajstić information content (AvgIpc) is 2.30. The van der Waals surface area contributed by atoms with Crippen LogP contribution in [0.3, 0.4) is 0 Å². The Morgan fingerprint density at radius 1 is 1.26 bits per heavy atom. The van der Waals surface area contributed by atoms with Crippen molar-refractivity contribution in [2.75, 3.05) is 11.1 Å². The predicted octanol–water partition coefficient (Wildman–Crippen LogP) is 1.98. The molecular formula is C12H12ClN5O. The van der Waals surface area contributed by atoms with E-state index in [1.54, 1.807) is 0 Å². The molecule has 0 atom stereocenters. The Kier molecular flexibility index (Phi) is 3.62. The number of pyridine rings is 1. The first-order valence-corrected chi connectivity index (χ1v) is 5.88. The van der Waals surface area contributed by atoms with E-state index in [9.17, 15) is 4.79 Å². The van der Waals surface area contributed by atoms with Crippen LogP contribution in [0, 0.1) is 13.8 Å². The molecule has 2 aromatic rings.